The third kappa shape index (κ3) is 4.48. The predicted molar refractivity (Wildman–Crippen MR) is 117 cm³/mol. The number of hydrogen-bond donors (Lipinski definition) is 1. The van der Waals surface area contributed by atoms with Crippen molar-refractivity contribution in [2.75, 3.05) is 5.32 Å². The highest BCUT2D eigenvalue weighted by atomic mass is 32.1. The molecule has 31 heavy (non-hydrogen) atoms. The fourth-order valence-corrected chi connectivity index (χ4v) is 3.97. The molecule has 0 saturated carbocycles. The van der Waals surface area contributed by atoms with E-state index in [9.17, 15) is 19.7 Å². The molecule has 0 fully saturated rings. The van der Waals surface area contributed by atoms with Gasteiger partial charge in [-0.25, -0.2) is 4.40 Å². The number of benzene rings is 2. The average Bonchev–Trinajstić information content (AvgIpc) is 3.28. The Morgan fingerprint density at radius 2 is 2.00 bits per heavy atom. The quantitative estimate of drug-likeness (QED) is 0.367. The Balaban J connectivity index is 1.54. The molecule has 9 nitrogen and oxygen atoms in total. The first-order valence-corrected chi connectivity index (χ1v) is 10.2. The summed E-state index contributed by atoms with van der Waals surface area (Å²) in [5.41, 5.74) is 1.98. The van der Waals surface area contributed by atoms with E-state index in [0.29, 0.717) is 26.6 Å². The Morgan fingerprint density at radius 3 is 2.74 bits per heavy atom. The van der Waals surface area contributed by atoms with Gasteiger partial charge in [0.15, 0.2) is 0 Å². The van der Waals surface area contributed by atoms with Crippen molar-refractivity contribution in [2.24, 2.45) is 0 Å². The summed E-state index contributed by atoms with van der Waals surface area (Å²) >= 11 is 1.14. The van der Waals surface area contributed by atoms with E-state index in [1.165, 1.54) is 16.5 Å². The maximum absolute atomic E-state index is 12.8. The molecule has 0 aliphatic rings. The minimum Gasteiger partial charge on any atom is -0.326 e. The Bertz CT molecular complexity index is 1390. The van der Waals surface area contributed by atoms with E-state index in [1.807, 2.05) is 31.2 Å². The van der Waals surface area contributed by atoms with Crippen molar-refractivity contribution in [1.82, 2.24) is 14.6 Å². The molecule has 4 rings (SSSR count). The summed E-state index contributed by atoms with van der Waals surface area (Å²) in [6.07, 6.45) is 1.98. The molecule has 0 atom stereocenters. The zero-order valence-electron chi connectivity index (χ0n) is 16.4. The Kier molecular flexibility index (Phi) is 5.54. The first-order valence-electron chi connectivity index (χ1n) is 9.40. The highest BCUT2D eigenvalue weighted by Gasteiger charge is 2.14. The van der Waals surface area contributed by atoms with Gasteiger partial charge in [-0.1, -0.05) is 41.2 Å². The number of carbonyl (C=O) groups is 1. The van der Waals surface area contributed by atoms with Crippen LogP contribution < -0.4 is 15.4 Å². The molecule has 1 amide bonds. The number of aryl methyl sites for hydroxylation is 2. The lowest BCUT2D eigenvalue weighted by Crippen LogP contribution is -2.24. The molecule has 0 bridgehead atoms. The van der Waals surface area contributed by atoms with Gasteiger partial charge in [0, 0.05) is 30.7 Å². The number of anilines is 1. The van der Waals surface area contributed by atoms with E-state index in [0.717, 1.165) is 16.9 Å². The van der Waals surface area contributed by atoms with Crippen LogP contribution in [0.25, 0.3) is 11.0 Å². The molecule has 0 aliphatic heterocycles. The fourth-order valence-electron chi connectivity index (χ4n) is 3.04. The maximum Gasteiger partial charge on any atom is 0.275 e. The van der Waals surface area contributed by atoms with Crippen LogP contribution in [-0.2, 0) is 11.2 Å². The number of fused-ring (bicyclic) bond motifs is 1. The van der Waals surface area contributed by atoms with Crippen LogP contribution in [0.2, 0.25) is 0 Å². The zero-order chi connectivity index (χ0) is 22.0. The summed E-state index contributed by atoms with van der Waals surface area (Å²) in [4.78, 5) is 35.9. The van der Waals surface area contributed by atoms with Crippen molar-refractivity contribution in [2.45, 2.75) is 19.8 Å². The molecule has 0 aliphatic carbocycles. The summed E-state index contributed by atoms with van der Waals surface area (Å²) in [6, 6.07) is 13.5. The number of nitrogens with zero attached hydrogens (tertiary/aromatic N) is 4. The number of hydrogen-bond acceptors (Lipinski definition) is 7. The van der Waals surface area contributed by atoms with E-state index >= 15 is 0 Å². The number of nitro benzene ring substituents is 1. The number of aromatic nitrogens is 3. The van der Waals surface area contributed by atoms with Gasteiger partial charge in [0.2, 0.25) is 10.9 Å². The maximum atomic E-state index is 12.8. The molecule has 0 spiro atoms. The first-order chi connectivity index (χ1) is 14.9. The summed E-state index contributed by atoms with van der Waals surface area (Å²) in [5, 5.41) is 21.8. The van der Waals surface area contributed by atoms with Crippen molar-refractivity contribution in [3.8, 4) is 0 Å². The van der Waals surface area contributed by atoms with Crippen LogP contribution in [0.5, 0.6) is 0 Å². The molecular weight excluding hydrogens is 418 g/mol. The van der Waals surface area contributed by atoms with Gasteiger partial charge in [0.05, 0.1) is 9.46 Å². The summed E-state index contributed by atoms with van der Waals surface area (Å²) < 4.78 is 1.77. The van der Waals surface area contributed by atoms with Crippen LogP contribution in [0.3, 0.4) is 0 Å². The number of nitro groups is 1. The number of rotatable bonds is 6. The Labute approximate surface area is 179 Å². The average molecular weight is 435 g/mol. The van der Waals surface area contributed by atoms with E-state index in [4.69, 9.17) is 0 Å². The van der Waals surface area contributed by atoms with E-state index in [-0.39, 0.29) is 30.0 Å². The molecule has 2 heterocycles. The SMILES string of the molecule is Cc1ccc(NC(=O)CCc2nnc3s/c(=C\c4cccc([N+](=O)[O-])c4)c(=O)n23)cc1. The Morgan fingerprint density at radius 1 is 1.23 bits per heavy atom. The minimum atomic E-state index is -0.486. The molecule has 0 unspecified atom stereocenters. The number of carbonyl (C=O) groups excluding carboxylic acids is 1. The van der Waals surface area contributed by atoms with Gasteiger partial charge in [0.1, 0.15) is 5.82 Å². The van der Waals surface area contributed by atoms with Crippen LogP contribution in [0, 0.1) is 17.0 Å². The monoisotopic (exact) mass is 435 g/mol. The van der Waals surface area contributed by atoms with Gasteiger partial charge in [0.25, 0.3) is 11.2 Å². The smallest absolute Gasteiger partial charge is 0.275 e. The van der Waals surface area contributed by atoms with Gasteiger partial charge >= 0.3 is 0 Å². The van der Waals surface area contributed by atoms with Gasteiger partial charge in [-0.15, -0.1) is 10.2 Å². The number of thiazole rings is 1. The standard InChI is InChI=1S/C21H17N5O4S/c1-13-5-7-15(8-6-13)22-19(27)10-9-18-23-24-21-25(18)20(28)17(31-21)12-14-3-2-4-16(11-14)26(29)30/h2-8,11-12H,9-10H2,1H3,(H,22,27)/b17-12-. The molecular formula is C21H17N5O4S. The summed E-state index contributed by atoms with van der Waals surface area (Å²) in [5.74, 6) is 0.209. The fraction of sp³-hybridized carbons (Fsp3) is 0.143. The third-order valence-electron chi connectivity index (χ3n) is 4.61. The number of nitrogens with one attached hydrogen (secondary N) is 1. The number of non-ortho nitro benzene ring substituents is 1. The van der Waals surface area contributed by atoms with Crippen molar-refractivity contribution in [3.05, 3.63) is 90.5 Å². The van der Waals surface area contributed by atoms with Crippen LogP contribution in [-0.4, -0.2) is 25.4 Å². The second kappa shape index (κ2) is 8.44. The minimum absolute atomic E-state index is 0.0514. The lowest BCUT2D eigenvalue weighted by Gasteiger charge is -2.04. The van der Waals surface area contributed by atoms with Gasteiger partial charge in [-0.2, -0.15) is 0 Å². The largest absolute Gasteiger partial charge is 0.326 e. The highest BCUT2D eigenvalue weighted by Crippen LogP contribution is 2.14. The zero-order valence-corrected chi connectivity index (χ0v) is 17.3. The topological polar surface area (TPSA) is 120 Å². The van der Waals surface area contributed by atoms with Crippen LogP contribution in [0.4, 0.5) is 11.4 Å². The second-order valence-electron chi connectivity index (χ2n) is 6.92. The molecule has 0 saturated heterocycles. The Hall–Kier alpha value is -3.92. The summed E-state index contributed by atoms with van der Waals surface area (Å²) in [6.45, 7) is 1.97. The van der Waals surface area contributed by atoms with E-state index in [2.05, 4.69) is 15.5 Å². The van der Waals surface area contributed by atoms with Crippen molar-refractivity contribution in [3.63, 3.8) is 0 Å². The molecule has 156 valence electrons. The molecule has 2 aromatic heterocycles. The summed E-state index contributed by atoms with van der Waals surface area (Å²) in [7, 11) is 0. The van der Waals surface area contributed by atoms with Gasteiger partial charge < -0.3 is 5.32 Å². The van der Waals surface area contributed by atoms with Crippen LogP contribution in [0.1, 0.15) is 23.4 Å². The number of amides is 1. The predicted octanol–water partition coefficient (Wildman–Crippen LogP) is 2.49. The lowest BCUT2D eigenvalue weighted by molar-refractivity contribution is -0.384. The normalized spacial score (nSPS) is 11.7. The molecule has 0 radical (unpaired) electrons. The van der Waals surface area contributed by atoms with Crippen LogP contribution in [0.15, 0.2) is 53.3 Å². The van der Waals surface area contributed by atoms with Crippen LogP contribution >= 0.6 is 11.3 Å². The molecule has 1 N–H and O–H groups in total. The van der Waals surface area contributed by atoms with E-state index < -0.39 is 4.92 Å². The molecule has 10 heteroatoms. The highest BCUT2D eigenvalue weighted by molar-refractivity contribution is 7.15. The molecule has 2 aromatic carbocycles. The van der Waals surface area contributed by atoms with Crippen molar-refractivity contribution >= 4 is 39.7 Å². The van der Waals surface area contributed by atoms with Crippen molar-refractivity contribution < 1.29 is 9.72 Å². The second-order valence-corrected chi connectivity index (χ2v) is 7.93. The molecule has 4 aromatic rings. The lowest BCUT2D eigenvalue weighted by atomic mass is 10.2. The van der Waals surface area contributed by atoms with E-state index in [1.54, 1.807) is 18.2 Å². The van der Waals surface area contributed by atoms with Gasteiger partial charge in [-0.3, -0.25) is 19.7 Å². The van der Waals surface area contributed by atoms with Crippen molar-refractivity contribution in [1.29, 1.82) is 0 Å². The first kappa shape index (κ1) is 20.4. The van der Waals surface area contributed by atoms with Gasteiger partial charge in [-0.05, 0) is 30.7 Å². The third-order valence-corrected chi connectivity index (χ3v) is 5.56.